The Hall–Kier alpha value is -1.19. The quantitative estimate of drug-likeness (QED) is 0.564. The minimum Gasteiger partial charge on any atom is -0.454 e. The van der Waals surface area contributed by atoms with Gasteiger partial charge in [0.2, 0.25) is 26.4 Å². The first-order chi connectivity index (χ1) is 13.1. The molecule has 164 valence electrons. The van der Waals surface area contributed by atoms with Crippen molar-refractivity contribution in [3.63, 3.8) is 0 Å². The lowest BCUT2D eigenvalue weighted by Gasteiger charge is -2.06. The van der Waals surface area contributed by atoms with E-state index < -0.39 is 31.6 Å². The van der Waals surface area contributed by atoms with Crippen molar-refractivity contribution in [2.75, 3.05) is 13.2 Å². The molecule has 0 aromatic carbocycles. The number of aliphatic hydroxyl groups excluding tert-OH is 1. The predicted molar refractivity (Wildman–Crippen MR) is 89.4 cm³/mol. The lowest BCUT2D eigenvalue weighted by atomic mass is 10.7. The van der Waals surface area contributed by atoms with E-state index in [0.717, 1.165) is 0 Å². The van der Waals surface area contributed by atoms with Crippen LogP contribution in [0.15, 0.2) is 0 Å². The average Bonchev–Trinajstić information content (AvgIpc) is 2.50. The van der Waals surface area contributed by atoms with Gasteiger partial charge in [0.05, 0.1) is 0 Å². The third-order valence-electron chi connectivity index (χ3n) is 1.66. The second-order valence-corrected chi connectivity index (χ2v) is 5.67. The maximum Gasteiger partial charge on any atom is 0.422 e. The van der Waals surface area contributed by atoms with Gasteiger partial charge in [-0.05, 0) is 58.0 Å². The molecule has 0 unspecified atom stereocenters. The van der Waals surface area contributed by atoms with Gasteiger partial charge < -0.3 is 9.84 Å². The van der Waals surface area contributed by atoms with E-state index in [1.165, 1.54) is 0 Å². The van der Waals surface area contributed by atoms with Gasteiger partial charge in [0.1, 0.15) is 6.61 Å². The number of nitrogens with zero attached hydrogens (tertiary/aromatic N) is 6. The normalized spacial score (nSPS) is 11.0. The Morgan fingerprint density at radius 3 is 1.14 bits per heavy atom. The monoisotopic (exact) mass is 530 g/mol. The van der Waals surface area contributed by atoms with Crippen molar-refractivity contribution in [2.24, 2.45) is 0 Å². The van der Waals surface area contributed by atoms with Crippen molar-refractivity contribution in [1.29, 1.82) is 0 Å². The molecule has 19 heteroatoms. The van der Waals surface area contributed by atoms with Crippen LogP contribution < -0.4 is 4.74 Å². The Kier molecular flexibility index (Phi) is 12.0. The molecule has 0 aliphatic heterocycles. The number of alkyl halides is 6. The van der Waals surface area contributed by atoms with E-state index in [1.54, 1.807) is 0 Å². The first-order valence-electron chi connectivity index (χ1n) is 6.28. The number of hydrogen-bond acceptors (Lipinski definition) is 8. The lowest BCUT2D eigenvalue weighted by Crippen LogP contribution is -2.20. The van der Waals surface area contributed by atoms with Crippen LogP contribution in [0, 0.1) is 0 Å². The third kappa shape index (κ3) is 16.3. The van der Waals surface area contributed by atoms with E-state index in [1.807, 2.05) is 0 Å². The molecule has 2 rings (SSSR count). The molecular weight excluding hydrogens is 527 g/mol. The summed E-state index contributed by atoms with van der Waals surface area (Å²) in [6.45, 7) is -3.24. The Morgan fingerprint density at radius 1 is 0.621 bits per heavy atom. The van der Waals surface area contributed by atoms with Crippen LogP contribution in [0.5, 0.6) is 6.01 Å². The summed E-state index contributed by atoms with van der Waals surface area (Å²) in [5.41, 5.74) is 0. The number of ether oxygens (including phenoxy) is 1. The van der Waals surface area contributed by atoms with Gasteiger partial charge in [0.15, 0.2) is 6.61 Å². The fourth-order valence-electron chi connectivity index (χ4n) is 0.823. The number of halogens is 11. The molecule has 2 aromatic heterocycles. The summed E-state index contributed by atoms with van der Waals surface area (Å²) in [4.78, 5) is 20.2. The number of aliphatic hydroxyl groups is 1. The maximum atomic E-state index is 11.7. The summed E-state index contributed by atoms with van der Waals surface area (Å²) in [5, 5.41) is 6.62. The fourth-order valence-corrected chi connectivity index (χ4v) is 1.78. The van der Waals surface area contributed by atoms with Crippen molar-refractivity contribution in [3.05, 3.63) is 26.4 Å². The zero-order valence-corrected chi connectivity index (χ0v) is 16.9. The third-order valence-corrected chi connectivity index (χ3v) is 2.50. The van der Waals surface area contributed by atoms with Gasteiger partial charge in [-0.15, -0.1) is 0 Å². The van der Waals surface area contributed by atoms with Crippen molar-refractivity contribution in [3.8, 4) is 6.01 Å². The summed E-state index contributed by atoms with van der Waals surface area (Å²) < 4.78 is 70.8. The highest BCUT2D eigenvalue weighted by Crippen LogP contribution is 2.17. The summed E-state index contributed by atoms with van der Waals surface area (Å²) in [6, 6.07) is -0.563. The van der Waals surface area contributed by atoms with Gasteiger partial charge >= 0.3 is 18.4 Å². The number of hydrogen-bond donors (Lipinski definition) is 1. The van der Waals surface area contributed by atoms with Gasteiger partial charge in [-0.3, -0.25) is 0 Å². The predicted octanol–water partition coefficient (Wildman–Crippen LogP) is 4.49. The second kappa shape index (κ2) is 12.5. The summed E-state index contributed by atoms with van der Waals surface area (Å²) in [6.07, 6.45) is -8.87. The minimum atomic E-state index is -4.47. The van der Waals surface area contributed by atoms with Crippen LogP contribution in [-0.2, 0) is 0 Å². The smallest absolute Gasteiger partial charge is 0.422 e. The molecule has 0 spiro atoms. The SMILES string of the molecule is Clc1nc(Cl)nc(Cl)n1.FC(F)(F)COc1nc(Cl)nc(Cl)n1.OCC(F)(F)F. The molecule has 2 heterocycles. The largest absolute Gasteiger partial charge is 0.454 e. The van der Waals surface area contributed by atoms with Gasteiger partial charge in [0.25, 0.3) is 0 Å². The lowest BCUT2D eigenvalue weighted by molar-refractivity contribution is -0.159. The Bertz CT molecular complexity index is 713. The van der Waals surface area contributed by atoms with Crippen LogP contribution in [0.2, 0.25) is 26.4 Å². The molecule has 0 saturated heterocycles. The molecule has 29 heavy (non-hydrogen) atoms. The van der Waals surface area contributed by atoms with Crippen molar-refractivity contribution < 1.29 is 36.2 Å². The topological polar surface area (TPSA) is 107 Å². The molecule has 0 amide bonds. The van der Waals surface area contributed by atoms with Gasteiger partial charge in [-0.25, -0.2) is 0 Å². The molecule has 8 nitrogen and oxygen atoms in total. The van der Waals surface area contributed by atoms with Crippen molar-refractivity contribution >= 4 is 58.0 Å². The highest BCUT2D eigenvalue weighted by atomic mass is 35.5. The summed E-state index contributed by atoms with van der Waals surface area (Å²) in [5.74, 6) is 0. The summed E-state index contributed by atoms with van der Waals surface area (Å²) >= 11 is 26.5. The molecule has 0 saturated carbocycles. The van der Waals surface area contributed by atoms with E-state index in [0.29, 0.717) is 0 Å². The van der Waals surface area contributed by atoms with E-state index >= 15 is 0 Å². The molecule has 1 N–H and O–H groups in total. The van der Waals surface area contributed by atoms with Gasteiger partial charge in [-0.2, -0.15) is 56.2 Å². The van der Waals surface area contributed by atoms with Crippen LogP contribution in [0.4, 0.5) is 26.3 Å². The Morgan fingerprint density at radius 2 is 0.897 bits per heavy atom. The first kappa shape index (κ1) is 27.8. The standard InChI is InChI=1S/C5H2Cl2F3N3O.C3Cl3N3.C2H3F3O/c6-2-11-3(7)13-4(12-2)14-1-5(8,9)10;4-1-7-2(5)9-3(6)8-1;3-2(4,5)1-6/h1H2;;6H,1H2. The van der Waals surface area contributed by atoms with Crippen LogP contribution in [0.1, 0.15) is 0 Å². The fraction of sp³-hybridized carbons (Fsp3) is 0.400. The highest BCUT2D eigenvalue weighted by molar-refractivity contribution is 6.33. The zero-order valence-electron chi connectivity index (χ0n) is 13.1. The van der Waals surface area contributed by atoms with E-state index in [-0.39, 0.29) is 26.4 Å². The van der Waals surface area contributed by atoms with Crippen LogP contribution in [0.25, 0.3) is 0 Å². The van der Waals surface area contributed by atoms with E-state index in [9.17, 15) is 26.3 Å². The molecule has 0 bridgehead atoms. The Balaban J connectivity index is 0.000000448. The first-order valence-corrected chi connectivity index (χ1v) is 8.17. The zero-order chi connectivity index (χ0) is 22.8. The summed E-state index contributed by atoms with van der Waals surface area (Å²) in [7, 11) is 0. The van der Waals surface area contributed by atoms with Gasteiger partial charge in [0, 0.05) is 0 Å². The molecule has 2 aromatic rings. The maximum absolute atomic E-state index is 11.7. The van der Waals surface area contributed by atoms with Crippen LogP contribution in [0.3, 0.4) is 0 Å². The molecule has 0 radical (unpaired) electrons. The van der Waals surface area contributed by atoms with Crippen LogP contribution >= 0.6 is 58.0 Å². The number of aromatic nitrogens is 6. The molecule has 0 fully saturated rings. The van der Waals surface area contributed by atoms with Crippen molar-refractivity contribution in [2.45, 2.75) is 12.4 Å². The van der Waals surface area contributed by atoms with E-state index in [4.69, 9.17) is 63.1 Å². The van der Waals surface area contributed by atoms with E-state index in [2.05, 4.69) is 34.6 Å². The molecule has 0 aliphatic carbocycles. The highest BCUT2D eigenvalue weighted by Gasteiger charge is 2.29. The van der Waals surface area contributed by atoms with Gasteiger partial charge in [-0.1, -0.05) is 0 Å². The van der Waals surface area contributed by atoms with Crippen LogP contribution in [-0.4, -0.2) is 60.6 Å². The number of rotatable bonds is 2. The minimum absolute atomic E-state index is 0.000000000000000444. The molecule has 0 aliphatic rings. The Labute approximate surface area is 182 Å². The molecular formula is C10H5Cl5F6N6O2. The van der Waals surface area contributed by atoms with Crippen molar-refractivity contribution in [1.82, 2.24) is 29.9 Å². The second-order valence-electron chi connectivity index (χ2n) is 3.98. The molecule has 0 atom stereocenters. The average molecular weight is 532 g/mol.